The third-order valence-electron chi connectivity index (χ3n) is 1.17. The summed E-state index contributed by atoms with van der Waals surface area (Å²) in [5.74, 6) is -0.442. The van der Waals surface area contributed by atoms with E-state index < -0.39 is 5.97 Å². The molecule has 0 bridgehead atoms. The van der Waals surface area contributed by atoms with Crippen LogP contribution in [0.15, 0.2) is 12.3 Å². The number of nitrogens with one attached hydrogen (secondary N) is 1. The second-order valence-corrected chi connectivity index (χ2v) is 1.80. The molecule has 4 heteroatoms. The highest BCUT2D eigenvalue weighted by Crippen LogP contribution is 1.91. The summed E-state index contributed by atoms with van der Waals surface area (Å²) in [6, 6.07) is 1.60. The topological polar surface area (TPSA) is 42.1 Å². The lowest BCUT2D eigenvalue weighted by molar-refractivity contribution is 0.0596. The van der Waals surface area contributed by atoms with Crippen LogP contribution < -0.4 is 5.46 Å². The Morgan fingerprint density at radius 1 is 1.80 bits per heavy atom. The maximum atomic E-state index is 10.8. The molecule has 0 amide bonds. The van der Waals surface area contributed by atoms with Gasteiger partial charge >= 0.3 is 5.97 Å². The number of rotatable bonds is 1. The van der Waals surface area contributed by atoms with Crippen molar-refractivity contribution in [3.05, 3.63) is 18.0 Å². The molecule has 1 aromatic rings. The largest absolute Gasteiger partial charge is 0.464 e. The van der Waals surface area contributed by atoms with Crippen molar-refractivity contribution in [3.63, 3.8) is 0 Å². The van der Waals surface area contributed by atoms with Crippen LogP contribution in [0.2, 0.25) is 0 Å². The third kappa shape index (κ3) is 1.05. The van der Waals surface area contributed by atoms with Crippen LogP contribution in [-0.2, 0) is 4.74 Å². The number of esters is 1. The van der Waals surface area contributed by atoms with Crippen LogP contribution in [0, 0.1) is 0 Å². The number of hydrogen-bond acceptors (Lipinski definition) is 2. The first-order chi connectivity index (χ1) is 4.75. The molecule has 0 aliphatic carbocycles. The van der Waals surface area contributed by atoms with E-state index in [1.807, 2.05) is 0 Å². The zero-order valence-electron chi connectivity index (χ0n) is 5.55. The van der Waals surface area contributed by atoms with E-state index in [9.17, 15) is 4.79 Å². The molecule has 0 atom stereocenters. The van der Waals surface area contributed by atoms with Gasteiger partial charge in [-0.05, 0) is 0 Å². The molecule has 1 N–H and O–H groups in total. The maximum absolute atomic E-state index is 10.8. The molecular weight excluding hydrogens is 129 g/mol. The Morgan fingerprint density at radius 2 is 2.50 bits per heavy atom. The maximum Gasteiger partial charge on any atom is 0.353 e. The summed E-state index contributed by atoms with van der Waals surface area (Å²) in [5, 5.41) is 0. The average molecular weight is 135 g/mol. The van der Waals surface area contributed by atoms with E-state index in [0.717, 1.165) is 0 Å². The molecule has 1 heterocycles. The highest BCUT2D eigenvalue weighted by molar-refractivity contribution is 6.35. The number of aromatic amines is 1. The molecule has 0 saturated carbocycles. The predicted octanol–water partition coefficient (Wildman–Crippen LogP) is -0.405. The zero-order chi connectivity index (χ0) is 7.56. The molecule has 0 aliphatic heterocycles. The van der Waals surface area contributed by atoms with E-state index >= 15 is 0 Å². The van der Waals surface area contributed by atoms with Gasteiger partial charge in [-0.15, -0.1) is 0 Å². The molecule has 0 aromatic carbocycles. The molecule has 10 heavy (non-hydrogen) atoms. The van der Waals surface area contributed by atoms with Gasteiger partial charge in [-0.3, -0.25) is 0 Å². The summed E-state index contributed by atoms with van der Waals surface area (Å²) in [6.45, 7) is 0. The van der Waals surface area contributed by atoms with Gasteiger partial charge in [0.2, 0.25) is 0 Å². The number of H-pyrrole nitrogens is 1. The van der Waals surface area contributed by atoms with Gasteiger partial charge in [-0.1, -0.05) is 11.5 Å². The van der Waals surface area contributed by atoms with Crippen molar-refractivity contribution in [2.24, 2.45) is 0 Å². The van der Waals surface area contributed by atoms with E-state index in [4.69, 9.17) is 7.85 Å². The Hall–Kier alpha value is -1.19. The normalized spacial score (nSPS) is 9.30. The highest BCUT2D eigenvalue weighted by Gasteiger charge is 2.07. The molecule has 3 nitrogen and oxygen atoms in total. The summed E-state index contributed by atoms with van der Waals surface area (Å²) < 4.78 is 4.43. The van der Waals surface area contributed by atoms with Gasteiger partial charge in [0.25, 0.3) is 0 Å². The fourth-order valence-electron chi connectivity index (χ4n) is 0.660. The van der Waals surface area contributed by atoms with Crippen molar-refractivity contribution in [2.45, 2.75) is 0 Å². The van der Waals surface area contributed by atoms with Crippen LogP contribution in [0.25, 0.3) is 0 Å². The van der Waals surface area contributed by atoms with Gasteiger partial charge in [0, 0.05) is 6.20 Å². The van der Waals surface area contributed by atoms with E-state index in [0.29, 0.717) is 11.2 Å². The quantitative estimate of drug-likeness (QED) is 0.420. The lowest BCUT2D eigenvalue weighted by atomic mass is 9.97. The standard InChI is InChI=1S/C6H6BNO2/c1-10-6(9)5-4(7)2-3-8-5/h2-3,8H,1H3. The minimum atomic E-state index is -0.442. The molecule has 0 unspecified atom stereocenters. The molecule has 0 fully saturated rings. The summed E-state index contributed by atoms with van der Waals surface area (Å²) in [6.07, 6.45) is 1.58. The highest BCUT2D eigenvalue weighted by atomic mass is 16.5. The monoisotopic (exact) mass is 135 g/mol. The first-order valence-corrected chi connectivity index (χ1v) is 2.77. The van der Waals surface area contributed by atoms with Crippen molar-refractivity contribution in [3.8, 4) is 0 Å². The Morgan fingerprint density at radius 3 is 2.90 bits per heavy atom. The summed E-state index contributed by atoms with van der Waals surface area (Å²) >= 11 is 0. The Kier molecular flexibility index (Phi) is 1.80. The molecule has 0 spiro atoms. The van der Waals surface area contributed by atoms with Gasteiger partial charge in [0.1, 0.15) is 13.5 Å². The Bertz CT molecular complexity index is 244. The number of methoxy groups -OCH3 is 1. The van der Waals surface area contributed by atoms with Crippen molar-refractivity contribution < 1.29 is 9.53 Å². The molecule has 0 saturated heterocycles. The van der Waals surface area contributed by atoms with Crippen molar-refractivity contribution in [2.75, 3.05) is 7.11 Å². The van der Waals surface area contributed by atoms with Gasteiger partial charge in [0.15, 0.2) is 0 Å². The average Bonchev–Trinajstić information content (AvgIpc) is 2.34. The SMILES string of the molecule is [B]c1cc[nH]c1C(=O)OC. The second-order valence-electron chi connectivity index (χ2n) is 1.80. The van der Waals surface area contributed by atoms with E-state index in [2.05, 4.69) is 9.72 Å². The Labute approximate surface area is 59.8 Å². The van der Waals surface area contributed by atoms with Crippen LogP contribution >= 0.6 is 0 Å². The number of carbonyl (C=O) groups is 1. The van der Waals surface area contributed by atoms with E-state index in [1.165, 1.54) is 7.11 Å². The summed E-state index contributed by atoms with van der Waals surface area (Å²) in [5.41, 5.74) is 0.717. The second kappa shape index (κ2) is 2.60. The number of hydrogen-bond donors (Lipinski definition) is 1. The van der Waals surface area contributed by atoms with E-state index in [1.54, 1.807) is 12.3 Å². The van der Waals surface area contributed by atoms with Crippen LogP contribution in [0.3, 0.4) is 0 Å². The predicted molar refractivity (Wildman–Crippen MR) is 37.5 cm³/mol. The van der Waals surface area contributed by atoms with Crippen molar-refractivity contribution in [1.82, 2.24) is 4.98 Å². The van der Waals surface area contributed by atoms with E-state index in [-0.39, 0.29) is 0 Å². The fourth-order valence-corrected chi connectivity index (χ4v) is 0.660. The molecule has 2 radical (unpaired) electrons. The molecule has 1 rings (SSSR count). The molecule has 1 aromatic heterocycles. The first-order valence-electron chi connectivity index (χ1n) is 2.77. The van der Waals surface area contributed by atoms with Crippen LogP contribution in [-0.4, -0.2) is 25.9 Å². The molecule has 50 valence electrons. The smallest absolute Gasteiger partial charge is 0.353 e. The summed E-state index contributed by atoms with van der Waals surface area (Å²) in [4.78, 5) is 13.4. The lowest BCUT2D eigenvalue weighted by Crippen LogP contribution is -2.14. The Balaban J connectivity index is 2.93. The number of ether oxygens (including phenoxy) is 1. The van der Waals surface area contributed by atoms with Gasteiger partial charge in [-0.25, -0.2) is 4.79 Å². The van der Waals surface area contributed by atoms with Crippen LogP contribution in [0.5, 0.6) is 0 Å². The number of carbonyl (C=O) groups excluding carboxylic acids is 1. The van der Waals surface area contributed by atoms with Crippen LogP contribution in [0.1, 0.15) is 10.5 Å². The zero-order valence-corrected chi connectivity index (χ0v) is 5.55. The minimum absolute atomic E-state index is 0.308. The van der Waals surface area contributed by atoms with Crippen LogP contribution in [0.4, 0.5) is 0 Å². The molecule has 0 aliphatic rings. The van der Waals surface area contributed by atoms with Gasteiger partial charge in [0.05, 0.1) is 7.11 Å². The lowest BCUT2D eigenvalue weighted by Gasteiger charge is -1.95. The van der Waals surface area contributed by atoms with Gasteiger partial charge in [-0.2, -0.15) is 0 Å². The first kappa shape index (κ1) is 6.93. The minimum Gasteiger partial charge on any atom is -0.464 e. The fraction of sp³-hybridized carbons (Fsp3) is 0.167. The summed E-state index contributed by atoms with van der Waals surface area (Å²) in [7, 11) is 6.69. The third-order valence-corrected chi connectivity index (χ3v) is 1.17. The molecular formula is C6H6BNO2. The van der Waals surface area contributed by atoms with Crippen molar-refractivity contribution >= 4 is 19.3 Å². The number of aromatic nitrogens is 1. The van der Waals surface area contributed by atoms with Gasteiger partial charge < -0.3 is 9.72 Å². The van der Waals surface area contributed by atoms with Crippen molar-refractivity contribution in [1.29, 1.82) is 0 Å².